The van der Waals surface area contributed by atoms with E-state index in [-0.39, 0.29) is 24.1 Å². The van der Waals surface area contributed by atoms with Gasteiger partial charge in [-0.25, -0.2) is 4.98 Å². The van der Waals surface area contributed by atoms with E-state index in [0.717, 1.165) is 6.42 Å². The molecule has 8 nitrogen and oxygen atoms in total. The zero-order chi connectivity index (χ0) is 19.2. The Bertz CT molecular complexity index is 851. The maximum Gasteiger partial charge on any atom is 0.253 e. The minimum atomic E-state index is -0.292. The molecule has 3 amide bonds. The highest BCUT2D eigenvalue weighted by molar-refractivity contribution is 7.14. The molecule has 1 aliphatic rings. The molecule has 2 aromatic rings. The highest BCUT2D eigenvalue weighted by atomic mass is 32.1. The van der Waals surface area contributed by atoms with Crippen molar-refractivity contribution in [1.29, 1.82) is 0 Å². The molecule has 0 radical (unpaired) electrons. The predicted molar refractivity (Wildman–Crippen MR) is 104 cm³/mol. The first kappa shape index (κ1) is 19.0. The first-order valence-corrected chi connectivity index (χ1v) is 9.58. The number of para-hydroxylation sites is 1. The van der Waals surface area contributed by atoms with Crippen LogP contribution in [0.25, 0.3) is 0 Å². The summed E-state index contributed by atoms with van der Waals surface area (Å²) in [4.78, 5) is 42.4. The van der Waals surface area contributed by atoms with Crippen molar-refractivity contribution in [2.45, 2.75) is 19.3 Å². The number of benzene rings is 1. The molecule has 142 valence electrons. The van der Waals surface area contributed by atoms with Crippen LogP contribution in [-0.2, 0) is 16.0 Å². The van der Waals surface area contributed by atoms with Crippen LogP contribution in [0.5, 0.6) is 0 Å². The molecule has 1 aromatic carbocycles. The molecule has 27 heavy (non-hydrogen) atoms. The average Bonchev–Trinajstić information content (AvgIpc) is 3.28. The van der Waals surface area contributed by atoms with Gasteiger partial charge in [0.2, 0.25) is 11.8 Å². The van der Waals surface area contributed by atoms with Crippen molar-refractivity contribution in [3.8, 4) is 0 Å². The largest absolute Gasteiger partial charge is 0.351 e. The zero-order valence-corrected chi connectivity index (χ0v) is 15.6. The molecule has 0 unspecified atom stereocenters. The molecule has 0 atom stereocenters. The lowest BCUT2D eigenvalue weighted by Gasteiger charge is -2.11. The molecular formula is C18H21N5O3S. The smallest absolute Gasteiger partial charge is 0.253 e. The summed E-state index contributed by atoms with van der Waals surface area (Å²) in [5.41, 5.74) is 6.80. The third-order valence-corrected chi connectivity index (χ3v) is 4.97. The second-order valence-corrected chi connectivity index (χ2v) is 6.92. The Morgan fingerprint density at radius 2 is 2.11 bits per heavy atom. The fourth-order valence-electron chi connectivity index (χ4n) is 2.78. The van der Waals surface area contributed by atoms with Gasteiger partial charge < -0.3 is 16.4 Å². The molecule has 0 aliphatic carbocycles. The fourth-order valence-corrected chi connectivity index (χ4v) is 3.65. The summed E-state index contributed by atoms with van der Waals surface area (Å²) in [6.07, 6.45) is 1.44. The summed E-state index contributed by atoms with van der Waals surface area (Å²) < 4.78 is 0. The number of amides is 3. The Kier molecular flexibility index (Phi) is 6.15. The lowest BCUT2D eigenvalue weighted by Crippen LogP contribution is -2.30. The van der Waals surface area contributed by atoms with E-state index < -0.39 is 0 Å². The third kappa shape index (κ3) is 4.69. The Balaban J connectivity index is 1.64. The summed E-state index contributed by atoms with van der Waals surface area (Å²) in [5, 5.41) is 7.85. The Hall–Kier alpha value is -2.78. The van der Waals surface area contributed by atoms with Gasteiger partial charge in [-0.05, 0) is 18.6 Å². The van der Waals surface area contributed by atoms with Gasteiger partial charge in [0.15, 0.2) is 5.13 Å². The van der Waals surface area contributed by atoms with Crippen LogP contribution in [-0.4, -0.2) is 42.3 Å². The Labute approximate surface area is 160 Å². The van der Waals surface area contributed by atoms with Gasteiger partial charge in [0.05, 0.1) is 23.4 Å². The molecule has 9 heteroatoms. The molecule has 0 saturated carbocycles. The summed E-state index contributed by atoms with van der Waals surface area (Å²) in [6, 6.07) is 6.79. The van der Waals surface area contributed by atoms with E-state index in [1.165, 1.54) is 11.3 Å². The lowest BCUT2D eigenvalue weighted by molar-refractivity contribution is -0.117. The highest BCUT2D eigenvalue weighted by Gasteiger charge is 2.24. The summed E-state index contributed by atoms with van der Waals surface area (Å²) in [6.45, 7) is 1.37. The molecular weight excluding hydrogens is 366 g/mol. The molecule has 2 heterocycles. The van der Waals surface area contributed by atoms with Crippen LogP contribution in [0.1, 0.15) is 28.9 Å². The molecule has 1 fully saturated rings. The van der Waals surface area contributed by atoms with Crippen molar-refractivity contribution in [2.24, 2.45) is 5.73 Å². The minimum absolute atomic E-state index is 0.0667. The van der Waals surface area contributed by atoms with Crippen molar-refractivity contribution in [2.75, 3.05) is 29.9 Å². The maximum atomic E-state index is 12.4. The van der Waals surface area contributed by atoms with Gasteiger partial charge in [0.1, 0.15) is 0 Å². The number of anilines is 2. The minimum Gasteiger partial charge on any atom is -0.351 e. The standard InChI is InChI=1S/C18H21N5O3S/c19-7-8-20-17(26)13-4-1-2-5-14(13)22-15(24)10-12-11-27-18(21-12)23-9-3-6-16(23)25/h1-2,4-5,11H,3,6-10,19H2,(H,20,26)(H,22,24). The first-order valence-electron chi connectivity index (χ1n) is 8.70. The topological polar surface area (TPSA) is 117 Å². The first-order chi connectivity index (χ1) is 13.1. The normalized spacial score (nSPS) is 13.7. The van der Waals surface area contributed by atoms with Gasteiger partial charge in [0, 0.05) is 31.4 Å². The predicted octanol–water partition coefficient (Wildman–Crippen LogP) is 1.14. The number of nitrogens with zero attached hydrogens (tertiary/aromatic N) is 2. The number of thiazole rings is 1. The van der Waals surface area contributed by atoms with Crippen LogP contribution in [0, 0.1) is 0 Å². The molecule has 3 rings (SSSR count). The van der Waals surface area contributed by atoms with Crippen LogP contribution < -0.4 is 21.3 Å². The van der Waals surface area contributed by atoms with E-state index >= 15 is 0 Å². The highest BCUT2D eigenvalue weighted by Crippen LogP contribution is 2.25. The van der Waals surface area contributed by atoms with E-state index in [1.807, 2.05) is 0 Å². The van der Waals surface area contributed by atoms with Gasteiger partial charge in [-0.2, -0.15) is 0 Å². The Morgan fingerprint density at radius 1 is 1.30 bits per heavy atom. The molecule has 0 bridgehead atoms. The van der Waals surface area contributed by atoms with Crippen molar-refractivity contribution in [1.82, 2.24) is 10.3 Å². The maximum absolute atomic E-state index is 12.4. The van der Waals surface area contributed by atoms with Crippen molar-refractivity contribution < 1.29 is 14.4 Å². The molecule has 1 aliphatic heterocycles. The van der Waals surface area contributed by atoms with Crippen molar-refractivity contribution >= 4 is 39.9 Å². The number of carbonyl (C=O) groups is 3. The molecule has 4 N–H and O–H groups in total. The monoisotopic (exact) mass is 387 g/mol. The van der Waals surface area contributed by atoms with Crippen LogP contribution in [0.3, 0.4) is 0 Å². The number of rotatable bonds is 7. The number of carbonyl (C=O) groups excluding carboxylic acids is 3. The fraction of sp³-hybridized carbons (Fsp3) is 0.333. The molecule has 1 saturated heterocycles. The van der Waals surface area contributed by atoms with E-state index in [2.05, 4.69) is 15.6 Å². The number of nitrogens with two attached hydrogens (primary N) is 1. The Morgan fingerprint density at radius 3 is 2.85 bits per heavy atom. The van der Waals surface area contributed by atoms with Gasteiger partial charge in [0.25, 0.3) is 5.91 Å². The van der Waals surface area contributed by atoms with E-state index in [1.54, 1.807) is 34.5 Å². The molecule has 1 aromatic heterocycles. The number of hydrogen-bond donors (Lipinski definition) is 3. The van der Waals surface area contributed by atoms with Crippen LogP contribution in [0.2, 0.25) is 0 Å². The number of nitrogens with one attached hydrogen (secondary N) is 2. The van der Waals surface area contributed by atoms with E-state index in [9.17, 15) is 14.4 Å². The van der Waals surface area contributed by atoms with Gasteiger partial charge in [-0.15, -0.1) is 11.3 Å². The van der Waals surface area contributed by atoms with Crippen LogP contribution in [0.15, 0.2) is 29.6 Å². The van der Waals surface area contributed by atoms with Gasteiger partial charge >= 0.3 is 0 Å². The van der Waals surface area contributed by atoms with Crippen molar-refractivity contribution in [3.63, 3.8) is 0 Å². The second-order valence-electron chi connectivity index (χ2n) is 6.09. The molecule has 0 spiro atoms. The third-order valence-electron chi connectivity index (χ3n) is 4.06. The zero-order valence-electron chi connectivity index (χ0n) is 14.7. The number of aromatic nitrogens is 1. The summed E-state index contributed by atoms with van der Waals surface area (Å²) >= 11 is 1.35. The second kappa shape index (κ2) is 8.74. The van der Waals surface area contributed by atoms with Gasteiger partial charge in [-0.1, -0.05) is 12.1 Å². The van der Waals surface area contributed by atoms with Gasteiger partial charge in [-0.3, -0.25) is 19.3 Å². The lowest BCUT2D eigenvalue weighted by atomic mass is 10.1. The van der Waals surface area contributed by atoms with Crippen LogP contribution >= 0.6 is 11.3 Å². The van der Waals surface area contributed by atoms with E-state index in [0.29, 0.717) is 48.1 Å². The average molecular weight is 387 g/mol. The quantitative estimate of drug-likeness (QED) is 0.659. The van der Waals surface area contributed by atoms with Crippen LogP contribution in [0.4, 0.5) is 10.8 Å². The summed E-state index contributed by atoms with van der Waals surface area (Å²) in [5.74, 6) is -0.503. The summed E-state index contributed by atoms with van der Waals surface area (Å²) in [7, 11) is 0. The SMILES string of the molecule is NCCNC(=O)c1ccccc1NC(=O)Cc1csc(N2CCCC2=O)n1. The number of hydrogen-bond acceptors (Lipinski definition) is 6. The van der Waals surface area contributed by atoms with E-state index in [4.69, 9.17) is 5.73 Å². The van der Waals surface area contributed by atoms with Crippen molar-refractivity contribution in [3.05, 3.63) is 40.9 Å².